The highest BCUT2D eigenvalue weighted by Crippen LogP contribution is 2.30. The van der Waals surface area contributed by atoms with Crippen molar-refractivity contribution in [1.29, 1.82) is 0 Å². The summed E-state index contributed by atoms with van der Waals surface area (Å²) in [6.07, 6.45) is 0. The van der Waals surface area contributed by atoms with E-state index in [0.717, 1.165) is 16.6 Å². The van der Waals surface area contributed by atoms with Gasteiger partial charge in [-0.1, -0.05) is 23.7 Å². The molecule has 0 bridgehead atoms. The average molecular weight is 330 g/mol. The molecule has 3 heterocycles. The summed E-state index contributed by atoms with van der Waals surface area (Å²) in [6.45, 7) is 0. The predicted molar refractivity (Wildman–Crippen MR) is 88.8 cm³/mol. The number of nitrogens with zero attached hydrogens (tertiary/aromatic N) is 1. The van der Waals surface area contributed by atoms with Crippen LogP contribution in [0.1, 0.15) is 0 Å². The summed E-state index contributed by atoms with van der Waals surface area (Å²) in [7, 11) is 0. The molecule has 0 saturated carbocycles. The summed E-state index contributed by atoms with van der Waals surface area (Å²) >= 11 is 7.15. The van der Waals surface area contributed by atoms with Crippen LogP contribution in [0.3, 0.4) is 0 Å². The average Bonchev–Trinajstić information content (AvgIpc) is 2.86. The first-order valence-electron chi connectivity index (χ1n) is 6.43. The Kier molecular flexibility index (Phi) is 2.88. The van der Waals surface area contributed by atoms with Crippen LogP contribution in [0.2, 0.25) is 5.02 Å². The molecule has 0 spiro atoms. The first-order chi connectivity index (χ1) is 10.6. The van der Waals surface area contributed by atoms with Crippen molar-refractivity contribution in [2.75, 3.05) is 0 Å². The van der Waals surface area contributed by atoms with Crippen LogP contribution < -0.4 is 11.2 Å². The van der Waals surface area contributed by atoms with Crippen LogP contribution in [0.5, 0.6) is 0 Å². The van der Waals surface area contributed by atoms with Crippen molar-refractivity contribution in [3.05, 3.63) is 62.3 Å². The Morgan fingerprint density at radius 3 is 2.55 bits per heavy atom. The highest BCUT2D eigenvalue weighted by atomic mass is 35.5. The van der Waals surface area contributed by atoms with Crippen LogP contribution in [0, 0.1) is 0 Å². The van der Waals surface area contributed by atoms with Crippen LogP contribution in [0.4, 0.5) is 0 Å². The van der Waals surface area contributed by atoms with E-state index in [-0.39, 0.29) is 0 Å². The maximum Gasteiger partial charge on any atom is 0.326 e. The van der Waals surface area contributed by atoms with Gasteiger partial charge in [0.15, 0.2) is 0 Å². The van der Waals surface area contributed by atoms with Gasteiger partial charge < -0.3 is 4.98 Å². The van der Waals surface area contributed by atoms with Crippen LogP contribution in [-0.4, -0.2) is 15.0 Å². The van der Waals surface area contributed by atoms with E-state index in [2.05, 4.69) is 15.0 Å². The minimum Gasteiger partial charge on any atom is -0.305 e. The maximum absolute atomic E-state index is 11.9. The number of nitrogens with one attached hydrogen (secondary N) is 2. The van der Waals surface area contributed by atoms with Crippen LogP contribution in [0.25, 0.3) is 31.7 Å². The number of halogens is 1. The molecule has 4 aromatic rings. The topological polar surface area (TPSA) is 78.6 Å². The summed E-state index contributed by atoms with van der Waals surface area (Å²) in [5.41, 5.74) is 1.35. The zero-order valence-electron chi connectivity index (χ0n) is 11.0. The number of aromatic nitrogens is 3. The molecular weight excluding hydrogens is 322 g/mol. The molecule has 0 saturated heterocycles. The molecule has 2 N–H and O–H groups in total. The van der Waals surface area contributed by atoms with Gasteiger partial charge in [-0.05, 0) is 24.3 Å². The molecule has 0 unspecified atom stereocenters. The van der Waals surface area contributed by atoms with Gasteiger partial charge in [-0.3, -0.25) is 9.78 Å². The number of pyridine rings is 1. The Bertz CT molecular complexity index is 1130. The molecule has 108 valence electrons. The van der Waals surface area contributed by atoms with Crippen molar-refractivity contribution in [2.45, 2.75) is 0 Å². The SMILES string of the molecule is O=c1[nH]c(=O)c2sc3nc(-c4ccc(Cl)cc4)ccc3c2[nH]1. The second kappa shape index (κ2) is 4.79. The number of fused-ring (bicyclic) bond motifs is 3. The lowest BCUT2D eigenvalue weighted by Crippen LogP contribution is -2.20. The van der Waals surface area contributed by atoms with E-state index in [1.807, 2.05) is 24.3 Å². The predicted octanol–water partition coefficient (Wildman–Crippen LogP) is 3.15. The molecule has 0 aliphatic carbocycles. The minimum absolute atomic E-state index is 0.394. The van der Waals surface area contributed by atoms with Gasteiger partial charge in [0.25, 0.3) is 5.56 Å². The van der Waals surface area contributed by atoms with E-state index in [1.54, 1.807) is 12.1 Å². The quantitative estimate of drug-likeness (QED) is 0.563. The number of hydrogen-bond donors (Lipinski definition) is 2. The van der Waals surface area contributed by atoms with Crippen molar-refractivity contribution in [1.82, 2.24) is 15.0 Å². The number of benzene rings is 1. The Hall–Kier alpha value is -2.44. The second-order valence-corrected chi connectivity index (χ2v) is 6.21. The number of H-pyrrole nitrogens is 2. The number of rotatable bonds is 1. The molecular formula is C15H8ClN3O2S. The summed E-state index contributed by atoms with van der Waals surface area (Å²) in [5.74, 6) is 0. The van der Waals surface area contributed by atoms with E-state index < -0.39 is 11.2 Å². The van der Waals surface area contributed by atoms with Crippen LogP contribution in [0.15, 0.2) is 46.0 Å². The zero-order valence-corrected chi connectivity index (χ0v) is 12.6. The number of thiophene rings is 1. The Morgan fingerprint density at radius 2 is 1.77 bits per heavy atom. The number of hydrogen-bond acceptors (Lipinski definition) is 4. The van der Waals surface area contributed by atoms with Crippen molar-refractivity contribution in [3.8, 4) is 11.3 Å². The Balaban J connectivity index is 2.00. The van der Waals surface area contributed by atoms with Crippen LogP contribution in [-0.2, 0) is 0 Å². The third-order valence-electron chi connectivity index (χ3n) is 3.37. The van der Waals surface area contributed by atoms with Crippen LogP contribution >= 0.6 is 22.9 Å². The molecule has 3 aromatic heterocycles. The van der Waals surface area contributed by atoms with Crippen molar-refractivity contribution < 1.29 is 0 Å². The first kappa shape index (κ1) is 13.2. The van der Waals surface area contributed by atoms with Gasteiger partial charge in [0.05, 0.1) is 11.2 Å². The largest absolute Gasteiger partial charge is 0.326 e. The van der Waals surface area contributed by atoms with Gasteiger partial charge in [0, 0.05) is 16.0 Å². The maximum atomic E-state index is 11.9. The van der Waals surface area contributed by atoms with E-state index in [1.165, 1.54) is 11.3 Å². The highest BCUT2D eigenvalue weighted by Gasteiger charge is 2.11. The molecule has 22 heavy (non-hydrogen) atoms. The normalized spacial score (nSPS) is 11.3. The van der Waals surface area contributed by atoms with Crippen molar-refractivity contribution in [2.24, 2.45) is 0 Å². The summed E-state index contributed by atoms with van der Waals surface area (Å²) in [6, 6.07) is 11.1. The standard InChI is InChI=1S/C15H8ClN3O2S/c16-8-3-1-7(2-4-8)10-6-5-9-11-12(22-14(9)17-10)13(20)19-15(21)18-11/h1-6H,(H2,18,19,20,21). The molecule has 0 aliphatic heterocycles. The lowest BCUT2D eigenvalue weighted by molar-refractivity contribution is 1.09. The van der Waals surface area contributed by atoms with E-state index in [9.17, 15) is 9.59 Å². The van der Waals surface area contributed by atoms with Gasteiger partial charge in [0.1, 0.15) is 9.53 Å². The summed E-state index contributed by atoms with van der Waals surface area (Å²) < 4.78 is 0.468. The summed E-state index contributed by atoms with van der Waals surface area (Å²) in [4.78, 5) is 33.5. The monoisotopic (exact) mass is 329 g/mol. The fourth-order valence-corrected chi connectivity index (χ4v) is 3.50. The molecule has 0 atom stereocenters. The van der Waals surface area contributed by atoms with Gasteiger partial charge in [0.2, 0.25) is 0 Å². The fourth-order valence-electron chi connectivity index (χ4n) is 2.35. The Morgan fingerprint density at radius 1 is 1.00 bits per heavy atom. The molecule has 0 radical (unpaired) electrons. The highest BCUT2D eigenvalue weighted by molar-refractivity contribution is 7.25. The third kappa shape index (κ3) is 2.04. The molecule has 1 aromatic carbocycles. The zero-order chi connectivity index (χ0) is 15.3. The van der Waals surface area contributed by atoms with Gasteiger partial charge >= 0.3 is 5.69 Å². The molecule has 4 rings (SSSR count). The molecule has 5 nitrogen and oxygen atoms in total. The van der Waals surface area contributed by atoms with E-state index in [0.29, 0.717) is 20.1 Å². The molecule has 0 aliphatic rings. The smallest absolute Gasteiger partial charge is 0.305 e. The fraction of sp³-hybridized carbons (Fsp3) is 0. The third-order valence-corrected chi connectivity index (χ3v) is 4.72. The van der Waals surface area contributed by atoms with Gasteiger partial charge in [-0.25, -0.2) is 9.78 Å². The minimum atomic E-state index is -0.515. The van der Waals surface area contributed by atoms with E-state index >= 15 is 0 Å². The lowest BCUT2D eigenvalue weighted by atomic mass is 10.1. The number of aromatic amines is 2. The van der Waals surface area contributed by atoms with Gasteiger partial charge in [-0.15, -0.1) is 11.3 Å². The first-order valence-corrected chi connectivity index (χ1v) is 7.63. The van der Waals surface area contributed by atoms with Gasteiger partial charge in [-0.2, -0.15) is 0 Å². The molecule has 7 heteroatoms. The summed E-state index contributed by atoms with van der Waals surface area (Å²) in [5, 5.41) is 1.43. The lowest BCUT2D eigenvalue weighted by Gasteiger charge is -2.01. The van der Waals surface area contributed by atoms with Crippen molar-refractivity contribution >= 4 is 43.4 Å². The Labute approximate surface area is 132 Å². The van der Waals surface area contributed by atoms with Crippen molar-refractivity contribution in [3.63, 3.8) is 0 Å². The van der Waals surface area contributed by atoms with E-state index in [4.69, 9.17) is 11.6 Å². The second-order valence-electron chi connectivity index (χ2n) is 4.77. The molecule has 0 fully saturated rings. The molecule has 0 amide bonds.